The quantitative estimate of drug-likeness (QED) is 0.885. The van der Waals surface area contributed by atoms with E-state index in [4.69, 9.17) is 14.2 Å². The monoisotopic (exact) mass is 358 g/mol. The lowest BCUT2D eigenvalue weighted by Gasteiger charge is -2.32. The third kappa shape index (κ3) is 3.82. The van der Waals surface area contributed by atoms with E-state index in [9.17, 15) is 9.59 Å². The van der Waals surface area contributed by atoms with Crippen LogP contribution in [0.1, 0.15) is 23.3 Å². The van der Waals surface area contributed by atoms with Crippen molar-refractivity contribution >= 4 is 5.91 Å². The minimum absolute atomic E-state index is 0.0188. The number of para-hydroxylation sites is 2. The van der Waals surface area contributed by atoms with Crippen LogP contribution in [0.3, 0.4) is 0 Å². The molecule has 1 aliphatic rings. The number of methoxy groups -OCH3 is 2. The van der Waals surface area contributed by atoms with E-state index < -0.39 is 0 Å². The first-order valence-corrected chi connectivity index (χ1v) is 8.48. The van der Waals surface area contributed by atoms with Gasteiger partial charge in [0, 0.05) is 38.2 Å². The molecular weight excluding hydrogens is 336 g/mol. The molecule has 3 rings (SSSR count). The van der Waals surface area contributed by atoms with Gasteiger partial charge in [0.25, 0.3) is 5.91 Å². The highest BCUT2D eigenvalue weighted by atomic mass is 16.5. The zero-order valence-electron chi connectivity index (χ0n) is 14.9. The standard InChI is InChI=1S/C19H22N2O5/c1-24-16-5-3-4-6-17(16)26-13-7-9-21(10-8-13)19(23)14-11-15(22)18(25-2)12-20-14/h3-6,11-13H,7-10H2,1-2H3,(H,20,22). The Labute approximate surface area is 151 Å². The second kappa shape index (κ2) is 7.95. The fourth-order valence-electron chi connectivity index (χ4n) is 2.98. The number of carbonyl (C=O) groups is 1. The Morgan fingerprint density at radius 1 is 1.08 bits per heavy atom. The van der Waals surface area contributed by atoms with Crippen LogP contribution in [0.4, 0.5) is 0 Å². The summed E-state index contributed by atoms with van der Waals surface area (Å²) >= 11 is 0. The maximum absolute atomic E-state index is 12.6. The first-order valence-electron chi connectivity index (χ1n) is 8.48. The Morgan fingerprint density at radius 3 is 2.35 bits per heavy atom. The van der Waals surface area contributed by atoms with Gasteiger partial charge in [-0.05, 0) is 12.1 Å². The normalized spacial score (nSPS) is 14.8. The molecule has 1 aliphatic heterocycles. The van der Waals surface area contributed by atoms with Crippen LogP contribution in [0.5, 0.6) is 17.2 Å². The summed E-state index contributed by atoms with van der Waals surface area (Å²) in [4.78, 5) is 28.9. The lowest BCUT2D eigenvalue weighted by Crippen LogP contribution is -2.42. The maximum atomic E-state index is 12.6. The van der Waals surface area contributed by atoms with Crippen LogP contribution >= 0.6 is 0 Å². The molecule has 1 amide bonds. The summed E-state index contributed by atoms with van der Waals surface area (Å²) in [5.41, 5.74) is -0.0520. The van der Waals surface area contributed by atoms with Crippen molar-refractivity contribution in [2.45, 2.75) is 18.9 Å². The Hall–Kier alpha value is -2.96. The number of hydrogen-bond acceptors (Lipinski definition) is 5. The number of carbonyl (C=O) groups excluding carboxylic acids is 1. The molecule has 7 nitrogen and oxygen atoms in total. The molecule has 1 aromatic heterocycles. The van der Waals surface area contributed by atoms with Crippen molar-refractivity contribution in [1.82, 2.24) is 9.88 Å². The largest absolute Gasteiger partial charge is 0.493 e. The molecule has 2 heterocycles. The molecule has 7 heteroatoms. The van der Waals surface area contributed by atoms with E-state index in [0.29, 0.717) is 37.4 Å². The fourth-order valence-corrected chi connectivity index (χ4v) is 2.98. The van der Waals surface area contributed by atoms with E-state index >= 15 is 0 Å². The average molecular weight is 358 g/mol. The number of nitrogens with zero attached hydrogens (tertiary/aromatic N) is 1. The van der Waals surface area contributed by atoms with Gasteiger partial charge in [0.2, 0.25) is 5.43 Å². The van der Waals surface area contributed by atoms with Crippen LogP contribution in [0.15, 0.2) is 41.3 Å². The summed E-state index contributed by atoms with van der Waals surface area (Å²) in [6, 6.07) is 8.80. The number of rotatable bonds is 5. The van der Waals surface area contributed by atoms with Crippen molar-refractivity contribution in [2.24, 2.45) is 0 Å². The lowest BCUT2D eigenvalue weighted by atomic mass is 10.1. The average Bonchev–Trinajstić information content (AvgIpc) is 2.68. The summed E-state index contributed by atoms with van der Waals surface area (Å²) in [5, 5.41) is 0. The van der Waals surface area contributed by atoms with Crippen molar-refractivity contribution in [2.75, 3.05) is 27.3 Å². The topological polar surface area (TPSA) is 80.9 Å². The van der Waals surface area contributed by atoms with Gasteiger partial charge in [-0.2, -0.15) is 0 Å². The number of pyridine rings is 1. The van der Waals surface area contributed by atoms with E-state index in [0.717, 1.165) is 0 Å². The number of nitrogens with one attached hydrogen (secondary N) is 1. The molecular formula is C19H22N2O5. The Morgan fingerprint density at radius 2 is 1.73 bits per heavy atom. The molecule has 0 unspecified atom stereocenters. The Bertz CT molecular complexity index is 825. The fraction of sp³-hybridized carbons (Fsp3) is 0.368. The molecule has 1 N–H and O–H groups in total. The van der Waals surface area contributed by atoms with Gasteiger partial charge in [-0.15, -0.1) is 0 Å². The van der Waals surface area contributed by atoms with Crippen molar-refractivity contribution in [3.63, 3.8) is 0 Å². The molecule has 0 atom stereocenters. The van der Waals surface area contributed by atoms with Crippen LogP contribution in [0.2, 0.25) is 0 Å². The van der Waals surface area contributed by atoms with E-state index in [1.54, 1.807) is 12.0 Å². The Kier molecular flexibility index (Phi) is 5.46. The van der Waals surface area contributed by atoms with Gasteiger partial charge in [0.05, 0.1) is 14.2 Å². The van der Waals surface area contributed by atoms with Gasteiger partial charge in [-0.1, -0.05) is 12.1 Å². The van der Waals surface area contributed by atoms with Crippen LogP contribution in [0.25, 0.3) is 0 Å². The number of piperidine rings is 1. The summed E-state index contributed by atoms with van der Waals surface area (Å²) < 4.78 is 16.2. The van der Waals surface area contributed by atoms with Gasteiger partial charge in [-0.3, -0.25) is 9.59 Å². The van der Waals surface area contributed by atoms with Gasteiger partial charge in [0.1, 0.15) is 11.8 Å². The molecule has 1 fully saturated rings. The van der Waals surface area contributed by atoms with Crippen molar-refractivity contribution in [3.8, 4) is 17.2 Å². The Balaban J connectivity index is 1.60. The molecule has 0 bridgehead atoms. The third-order valence-electron chi connectivity index (χ3n) is 4.42. The molecule has 138 valence electrons. The van der Waals surface area contributed by atoms with Crippen LogP contribution in [-0.4, -0.2) is 49.2 Å². The van der Waals surface area contributed by atoms with Gasteiger partial charge < -0.3 is 24.1 Å². The van der Waals surface area contributed by atoms with Gasteiger partial charge in [0.15, 0.2) is 17.2 Å². The van der Waals surface area contributed by atoms with Crippen LogP contribution < -0.4 is 19.6 Å². The molecule has 0 spiro atoms. The number of benzene rings is 1. The predicted molar refractivity (Wildman–Crippen MR) is 96.2 cm³/mol. The van der Waals surface area contributed by atoms with Crippen molar-refractivity contribution in [3.05, 3.63) is 52.4 Å². The number of amides is 1. The highest BCUT2D eigenvalue weighted by Gasteiger charge is 2.26. The second-order valence-corrected chi connectivity index (χ2v) is 6.04. The minimum Gasteiger partial charge on any atom is -0.493 e. The first kappa shape index (κ1) is 17.8. The third-order valence-corrected chi connectivity index (χ3v) is 4.42. The highest BCUT2D eigenvalue weighted by molar-refractivity contribution is 5.92. The smallest absolute Gasteiger partial charge is 0.270 e. The SMILES string of the molecule is COc1ccccc1OC1CCN(C(=O)c2cc(=O)c(OC)c[nH]2)CC1. The molecule has 1 aromatic carbocycles. The summed E-state index contributed by atoms with van der Waals surface area (Å²) in [7, 11) is 3.03. The number of hydrogen-bond donors (Lipinski definition) is 1. The van der Waals surface area contributed by atoms with Crippen LogP contribution in [0, 0.1) is 0 Å². The predicted octanol–water partition coefficient (Wildman–Crippen LogP) is 2.08. The zero-order chi connectivity index (χ0) is 18.5. The van der Waals surface area contributed by atoms with E-state index in [-0.39, 0.29) is 28.9 Å². The molecule has 0 radical (unpaired) electrons. The number of aromatic nitrogens is 1. The van der Waals surface area contributed by atoms with E-state index in [1.807, 2.05) is 24.3 Å². The second-order valence-electron chi connectivity index (χ2n) is 6.04. The maximum Gasteiger partial charge on any atom is 0.270 e. The number of likely N-dealkylation sites (tertiary alicyclic amines) is 1. The number of ether oxygens (including phenoxy) is 3. The molecule has 2 aromatic rings. The molecule has 26 heavy (non-hydrogen) atoms. The van der Waals surface area contributed by atoms with E-state index in [1.165, 1.54) is 19.4 Å². The van der Waals surface area contributed by atoms with Gasteiger partial charge >= 0.3 is 0 Å². The summed E-state index contributed by atoms with van der Waals surface area (Å²) in [5.74, 6) is 1.40. The lowest BCUT2D eigenvalue weighted by molar-refractivity contribution is 0.0585. The molecule has 1 saturated heterocycles. The van der Waals surface area contributed by atoms with Gasteiger partial charge in [-0.25, -0.2) is 0 Å². The molecule has 0 saturated carbocycles. The highest BCUT2D eigenvalue weighted by Crippen LogP contribution is 2.29. The van der Waals surface area contributed by atoms with Crippen molar-refractivity contribution < 1.29 is 19.0 Å². The zero-order valence-corrected chi connectivity index (χ0v) is 14.9. The van der Waals surface area contributed by atoms with Crippen molar-refractivity contribution in [1.29, 1.82) is 0 Å². The number of H-pyrrole nitrogens is 1. The summed E-state index contributed by atoms with van der Waals surface area (Å²) in [6.45, 7) is 1.12. The number of aromatic amines is 1. The minimum atomic E-state index is -0.316. The van der Waals surface area contributed by atoms with E-state index in [2.05, 4.69) is 4.98 Å². The molecule has 0 aliphatic carbocycles. The summed E-state index contributed by atoms with van der Waals surface area (Å²) in [6.07, 6.45) is 2.85. The first-order chi connectivity index (χ1) is 12.6. The van der Waals surface area contributed by atoms with Crippen LogP contribution in [-0.2, 0) is 0 Å².